The topological polar surface area (TPSA) is 104 Å². The van der Waals surface area contributed by atoms with E-state index in [-0.39, 0.29) is 11.5 Å². The summed E-state index contributed by atoms with van der Waals surface area (Å²) in [6.07, 6.45) is 1.42. The fourth-order valence-electron chi connectivity index (χ4n) is 2.09. The van der Waals surface area contributed by atoms with Gasteiger partial charge >= 0.3 is 0 Å². The van der Waals surface area contributed by atoms with Crippen molar-refractivity contribution in [3.63, 3.8) is 0 Å². The molecule has 2 aromatic heterocycles. The van der Waals surface area contributed by atoms with Gasteiger partial charge < -0.3 is 10.2 Å². The van der Waals surface area contributed by atoms with Gasteiger partial charge in [0, 0.05) is 5.56 Å². The van der Waals surface area contributed by atoms with Gasteiger partial charge in [0.2, 0.25) is 5.13 Å². The highest BCUT2D eigenvalue weighted by Crippen LogP contribution is 2.30. The monoisotopic (exact) mass is 343 g/mol. The molecule has 0 saturated carbocycles. The number of aromatic nitrogens is 3. The van der Waals surface area contributed by atoms with Gasteiger partial charge in [0.05, 0.1) is 22.6 Å². The maximum atomic E-state index is 9.68. The summed E-state index contributed by atoms with van der Waals surface area (Å²) in [6, 6.07) is 8.09. The Morgan fingerprint density at radius 3 is 2.91 bits per heavy atom. The first-order valence-corrected chi connectivity index (χ1v) is 8.08. The van der Waals surface area contributed by atoms with Crippen LogP contribution in [0.5, 0.6) is 11.5 Å². The van der Waals surface area contributed by atoms with Crippen LogP contribution >= 0.6 is 23.1 Å². The predicted octanol–water partition coefficient (Wildman–Crippen LogP) is 3.16. The zero-order valence-corrected chi connectivity index (χ0v) is 13.1. The van der Waals surface area contributed by atoms with Crippen LogP contribution in [-0.2, 0) is 0 Å². The van der Waals surface area contributed by atoms with Crippen molar-refractivity contribution in [1.29, 1.82) is 0 Å². The molecule has 4 aromatic rings. The highest BCUT2D eigenvalue weighted by atomic mass is 32.1. The summed E-state index contributed by atoms with van der Waals surface area (Å²) < 4.78 is 9.44. The summed E-state index contributed by atoms with van der Waals surface area (Å²) in [5, 5.41) is 23.8. The normalized spacial score (nSPS) is 11.7. The molecule has 0 aliphatic carbocycles. The fraction of sp³-hybridized carbons (Fsp3) is 0. The molecule has 0 radical (unpaired) electrons. The summed E-state index contributed by atoms with van der Waals surface area (Å²) in [4.78, 5) is 4.47. The lowest BCUT2D eigenvalue weighted by molar-refractivity contribution is 0.459. The molecule has 0 unspecified atom stereocenters. The molecule has 0 aliphatic rings. The van der Waals surface area contributed by atoms with E-state index in [4.69, 9.17) is 0 Å². The van der Waals surface area contributed by atoms with Crippen LogP contribution in [0.1, 0.15) is 5.56 Å². The number of thiazole rings is 1. The minimum absolute atomic E-state index is 0.0351. The van der Waals surface area contributed by atoms with E-state index in [9.17, 15) is 10.2 Å². The van der Waals surface area contributed by atoms with E-state index in [1.807, 2.05) is 12.1 Å². The number of hydrazone groups is 1. The van der Waals surface area contributed by atoms with E-state index in [1.54, 1.807) is 0 Å². The van der Waals surface area contributed by atoms with Crippen LogP contribution in [0.15, 0.2) is 35.4 Å². The van der Waals surface area contributed by atoms with Gasteiger partial charge in [-0.1, -0.05) is 11.3 Å². The molecular weight excluding hydrogens is 334 g/mol. The van der Waals surface area contributed by atoms with E-state index in [2.05, 4.69) is 24.3 Å². The van der Waals surface area contributed by atoms with Crippen molar-refractivity contribution in [2.45, 2.75) is 0 Å². The third-order valence-corrected chi connectivity index (χ3v) is 4.63. The smallest absolute Gasteiger partial charge is 0.204 e. The zero-order chi connectivity index (χ0) is 15.8. The number of anilines is 1. The fourth-order valence-corrected chi connectivity index (χ4v) is 3.44. The van der Waals surface area contributed by atoms with Gasteiger partial charge in [0.1, 0.15) is 28.0 Å². The predicted molar refractivity (Wildman–Crippen MR) is 91.6 cm³/mol. The number of phenols is 2. The van der Waals surface area contributed by atoms with Gasteiger partial charge in [-0.3, -0.25) is 5.43 Å². The Hall–Kier alpha value is -2.78. The summed E-state index contributed by atoms with van der Waals surface area (Å²) in [7, 11) is 0. The van der Waals surface area contributed by atoms with Crippen molar-refractivity contribution in [3.8, 4) is 11.5 Å². The molecule has 7 nitrogen and oxygen atoms in total. The van der Waals surface area contributed by atoms with Crippen molar-refractivity contribution >= 4 is 55.7 Å². The maximum Gasteiger partial charge on any atom is 0.204 e. The second-order valence-corrected chi connectivity index (χ2v) is 6.24. The Morgan fingerprint density at radius 1 is 1.09 bits per heavy atom. The summed E-state index contributed by atoms with van der Waals surface area (Å²) >= 11 is 2.61. The van der Waals surface area contributed by atoms with Crippen LogP contribution in [0, 0.1) is 0 Å². The molecule has 23 heavy (non-hydrogen) atoms. The molecule has 0 amide bonds. The SMILES string of the molecule is Oc1ccc(O)c(/C=N/Nc2nc3c(ccc4nsnc43)s2)c1. The first-order valence-electron chi connectivity index (χ1n) is 6.53. The molecule has 0 spiro atoms. The van der Waals surface area contributed by atoms with E-state index in [0.29, 0.717) is 10.7 Å². The van der Waals surface area contributed by atoms with Gasteiger partial charge in [-0.25, -0.2) is 4.98 Å². The Labute approximate surface area is 137 Å². The number of hydrogen-bond donors (Lipinski definition) is 3. The van der Waals surface area contributed by atoms with Gasteiger partial charge in [0.25, 0.3) is 0 Å². The summed E-state index contributed by atoms with van der Waals surface area (Å²) in [5.41, 5.74) is 5.63. The third-order valence-electron chi connectivity index (χ3n) is 3.16. The van der Waals surface area contributed by atoms with Crippen LogP contribution in [0.4, 0.5) is 5.13 Å². The van der Waals surface area contributed by atoms with Gasteiger partial charge in [-0.05, 0) is 30.3 Å². The second-order valence-electron chi connectivity index (χ2n) is 4.68. The highest BCUT2D eigenvalue weighted by Gasteiger charge is 2.09. The number of phenolic OH excluding ortho intramolecular Hbond substituents is 2. The largest absolute Gasteiger partial charge is 0.508 e. The average molecular weight is 343 g/mol. The quantitative estimate of drug-likeness (QED) is 0.300. The van der Waals surface area contributed by atoms with Crippen molar-refractivity contribution < 1.29 is 10.2 Å². The van der Waals surface area contributed by atoms with Crippen molar-refractivity contribution in [2.75, 3.05) is 5.43 Å². The van der Waals surface area contributed by atoms with Crippen LogP contribution in [0.3, 0.4) is 0 Å². The lowest BCUT2D eigenvalue weighted by Crippen LogP contribution is -1.90. The van der Waals surface area contributed by atoms with Crippen LogP contribution < -0.4 is 5.43 Å². The first kappa shape index (κ1) is 13.9. The number of rotatable bonds is 3. The Bertz CT molecular complexity index is 1040. The lowest BCUT2D eigenvalue weighted by Gasteiger charge is -1.99. The Morgan fingerprint density at radius 2 is 2.00 bits per heavy atom. The number of nitrogens with one attached hydrogen (secondary N) is 1. The number of nitrogens with zero attached hydrogens (tertiary/aromatic N) is 4. The van der Waals surface area contributed by atoms with Crippen molar-refractivity contribution in [3.05, 3.63) is 35.9 Å². The summed E-state index contributed by atoms with van der Waals surface area (Å²) in [5.74, 6) is 0.0931. The average Bonchev–Trinajstić information content (AvgIpc) is 3.15. The van der Waals surface area contributed by atoms with Crippen LogP contribution in [0.2, 0.25) is 0 Å². The third kappa shape index (κ3) is 2.56. The van der Waals surface area contributed by atoms with E-state index < -0.39 is 0 Å². The van der Waals surface area contributed by atoms with Crippen molar-refractivity contribution in [2.24, 2.45) is 5.10 Å². The molecule has 0 bridgehead atoms. The molecule has 0 saturated heterocycles. The molecule has 2 aromatic carbocycles. The van der Waals surface area contributed by atoms with Gasteiger partial charge in [-0.15, -0.1) is 0 Å². The molecule has 9 heteroatoms. The maximum absolute atomic E-state index is 9.68. The van der Waals surface area contributed by atoms with Crippen molar-refractivity contribution in [1.82, 2.24) is 13.7 Å². The number of aromatic hydroxyl groups is 2. The summed E-state index contributed by atoms with van der Waals surface area (Å²) in [6.45, 7) is 0. The molecule has 0 atom stereocenters. The molecule has 114 valence electrons. The highest BCUT2D eigenvalue weighted by molar-refractivity contribution is 7.22. The van der Waals surface area contributed by atoms with Crippen LogP contribution in [-0.4, -0.2) is 30.2 Å². The Balaban J connectivity index is 1.62. The molecule has 2 heterocycles. The van der Waals surface area contributed by atoms with Gasteiger partial charge in [0.15, 0.2) is 0 Å². The first-order chi connectivity index (χ1) is 11.2. The molecule has 0 fully saturated rings. The zero-order valence-electron chi connectivity index (χ0n) is 11.5. The van der Waals surface area contributed by atoms with E-state index >= 15 is 0 Å². The minimum atomic E-state index is 0.0351. The molecule has 0 aliphatic heterocycles. The minimum Gasteiger partial charge on any atom is -0.508 e. The second kappa shape index (κ2) is 5.45. The van der Waals surface area contributed by atoms with E-state index in [0.717, 1.165) is 33.0 Å². The molecule has 4 rings (SSSR count). The Kier molecular flexibility index (Phi) is 3.28. The number of fused-ring (bicyclic) bond motifs is 3. The molecule has 3 N–H and O–H groups in total. The molecular formula is C14H9N5O2S2. The number of benzene rings is 2. The standard InChI is InChI=1S/C14H9N5O2S2/c20-8-1-3-10(21)7(5-8)6-15-17-14-16-13-11(22-14)4-2-9-12(13)19-23-18-9/h1-6,20-21H,(H,16,17)/b15-6+. The number of hydrogen-bond acceptors (Lipinski definition) is 9. The van der Waals surface area contributed by atoms with Crippen LogP contribution in [0.25, 0.3) is 21.3 Å². The lowest BCUT2D eigenvalue weighted by atomic mass is 10.2. The van der Waals surface area contributed by atoms with E-state index in [1.165, 1.54) is 35.8 Å². The van der Waals surface area contributed by atoms with Gasteiger partial charge in [-0.2, -0.15) is 13.8 Å².